The molecule has 7 nitrogen and oxygen atoms in total. The Morgan fingerprint density at radius 1 is 1.37 bits per heavy atom. The molecule has 1 aliphatic rings. The van der Waals surface area contributed by atoms with Crippen molar-refractivity contribution in [2.45, 2.75) is 50.9 Å². The van der Waals surface area contributed by atoms with Crippen molar-refractivity contribution in [3.63, 3.8) is 0 Å². The summed E-state index contributed by atoms with van der Waals surface area (Å²) in [6, 6.07) is -0.368. The van der Waals surface area contributed by atoms with E-state index >= 15 is 0 Å². The van der Waals surface area contributed by atoms with Crippen molar-refractivity contribution in [2.24, 2.45) is 5.92 Å². The second-order valence-electron chi connectivity index (χ2n) is 6.89. The molecule has 1 aliphatic heterocycles. The summed E-state index contributed by atoms with van der Waals surface area (Å²) >= 11 is 2.69. The van der Waals surface area contributed by atoms with Crippen LogP contribution < -0.4 is 10.9 Å². The van der Waals surface area contributed by atoms with Gasteiger partial charge in [-0.2, -0.15) is 0 Å². The smallest absolute Gasteiger partial charge is 0.324 e. The largest absolute Gasteiger partial charge is 0.336 e. The first-order valence-corrected chi connectivity index (χ1v) is 10.8. The molecule has 3 amide bonds. The highest BCUT2D eigenvalue weighted by Gasteiger charge is 2.30. The number of rotatable bonds is 6. The first-order chi connectivity index (χ1) is 12.8. The van der Waals surface area contributed by atoms with Gasteiger partial charge in [-0.05, 0) is 31.7 Å². The van der Waals surface area contributed by atoms with Crippen LogP contribution in [0.15, 0.2) is 9.95 Å². The molecule has 1 saturated heterocycles. The van der Waals surface area contributed by atoms with E-state index in [0.29, 0.717) is 34.4 Å². The van der Waals surface area contributed by atoms with Crippen molar-refractivity contribution in [2.75, 3.05) is 13.1 Å². The Labute approximate surface area is 165 Å². The number of aromatic amines is 1. The van der Waals surface area contributed by atoms with Crippen LogP contribution in [0.3, 0.4) is 0 Å². The maximum Gasteiger partial charge on any atom is 0.324 e. The molecular formula is C18H24N4O3S2. The zero-order valence-corrected chi connectivity index (χ0v) is 17.6. The molecule has 0 spiro atoms. The lowest BCUT2D eigenvalue weighted by Crippen LogP contribution is -2.39. The first-order valence-electron chi connectivity index (χ1n) is 9.10. The Morgan fingerprint density at radius 3 is 2.74 bits per heavy atom. The summed E-state index contributed by atoms with van der Waals surface area (Å²) in [5, 5.41) is 3.17. The SMILES string of the molecule is CC[C@H](C)Cc1c(C)sc2nc(S[C@@H](C)C(=O)N3CCNC3=O)[nH]c(=O)c12. The minimum atomic E-state index is -0.518. The summed E-state index contributed by atoms with van der Waals surface area (Å²) in [5.41, 5.74) is 0.913. The number of thioether (sulfide) groups is 1. The van der Waals surface area contributed by atoms with Gasteiger partial charge in [0.2, 0.25) is 5.91 Å². The average Bonchev–Trinajstić information content (AvgIpc) is 3.17. The molecule has 3 heterocycles. The van der Waals surface area contributed by atoms with E-state index in [2.05, 4.69) is 29.1 Å². The van der Waals surface area contributed by atoms with Gasteiger partial charge in [0.25, 0.3) is 5.56 Å². The van der Waals surface area contributed by atoms with Crippen LogP contribution in [0.2, 0.25) is 0 Å². The molecule has 9 heteroatoms. The number of nitrogens with zero attached hydrogens (tertiary/aromatic N) is 2. The number of aromatic nitrogens is 2. The van der Waals surface area contributed by atoms with Gasteiger partial charge >= 0.3 is 6.03 Å². The highest BCUT2D eigenvalue weighted by atomic mass is 32.2. The van der Waals surface area contributed by atoms with E-state index < -0.39 is 5.25 Å². The molecule has 0 aromatic carbocycles. The summed E-state index contributed by atoms with van der Waals surface area (Å²) < 4.78 is 0. The van der Waals surface area contributed by atoms with Crippen LogP contribution in [0.5, 0.6) is 0 Å². The molecule has 27 heavy (non-hydrogen) atoms. The fourth-order valence-electron chi connectivity index (χ4n) is 3.07. The van der Waals surface area contributed by atoms with E-state index in [0.717, 1.165) is 23.3 Å². The van der Waals surface area contributed by atoms with Crippen LogP contribution in [-0.2, 0) is 11.2 Å². The second kappa shape index (κ2) is 8.02. The number of fused-ring (bicyclic) bond motifs is 1. The van der Waals surface area contributed by atoms with Gasteiger partial charge in [0.05, 0.1) is 10.6 Å². The minimum absolute atomic E-state index is 0.163. The van der Waals surface area contributed by atoms with Crippen LogP contribution in [-0.4, -0.2) is 45.1 Å². The van der Waals surface area contributed by atoms with E-state index in [1.54, 1.807) is 6.92 Å². The lowest BCUT2D eigenvalue weighted by Gasteiger charge is -2.16. The van der Waals surface area contributed by atoms with Gasteiger partial charge in [0.15, 0.2) is 5.16 Å². The van der Waals surface area contributed by atoms with Crippen LogP contribution in [0.4, 0.5) is 4.79 Å². The van der Waals surface area contributed by atoms with Gasteiger partial charge < -0.3 is 10.3 Å². The lowest BCUT2D eigenvalue weighted by molar-refractivity contribution is -0.126. The molecule has 2 aromatic rings. The Kier molecular flexibility index (Phi) is 5.90. The molecule has 2 N–H and O–H groups in total. The number of urea groups is 1. The van der Waals surface area contributed by atoms with Crippen molar-refractivity contribution < 1.29 is 9.59 Å². The topological polar surface area (TPSA) is 95.2 Å². The van der Waals surface area contributed by atoms with Gasteiger partial charge in [-0.15, -0.1) is 11.3 Å². The zero-order chi connectivity index (χ0) is 19.7. The molecule has 146 valence electrons. The van der Waals surface area contributed by atoms with Crippen molar-refractivity contribution in [3.8, 4) is 0 Å². The fraction of sp³-hybridized carbons (Fsp3) is 0.556. The summed E-state index contributed by atoms with van der Waals surface area (Å²) in [6.45, 7) is 8.90. The average molecular weight is 409 g/mol. The number of imide groups is 1. The molecule has 2 atom stereocenters. The lowest BCUT2D eigenvalue weighted by atomic mass is 9.98. The third kappa shape index (κ3) is 4.03. The summed E-state index contributed by atoms with van der Waals surface area (Å²) in [7, 11) is 0. The molecule has 0 radical (unpaired) electrons. The monoisotopic (exact) mass is 408 g/mol. The van der Waals surface area contributed by atoms with E-state index in [-0.39, 0.29) is 17.5 Å². The maximum absolute atomic E-state index is 12.7. The molecule has 2 aromatic heterocycles. The molecule has 1 fully saturated rings. The van der Waals surface area contributed by atoms with Gasteiger partial charge in [0, 0.05) is 18.0 Å². The van der Waals surface area contributed by atoms with E-state index in [9.17, 15) is 14.4 Å². The highest BCUT2D eigenvalue weighted by Crippen LogP contribution is 2.31. The molecule has 0 bridgehead atoms. The van der Waals surface area contributed by atoms with Gasteiger partial charge in [0.1, 0.15) is 4.83 Å². The van der Waals surface area contributed by atoms with E-state index in [1.165, 1.54) is 28.0 Å². The third-order valence-electron chi connectivity index (χ3n) is 4.85. The Balaban J connectivity index is 1.85. The maximum atomic E-state index is 12.7. The van der Waals surface area contributed by atoms with Crippen LogP contribution >= 0.6 is 23.1 Å². The summed E-state index contributed by atoms with van der Waals surface area (Å²) in [4.78, 5) is 47.2. The van der Waals surface area contributed by atoms with Gasteiger partial charge in [-0.3, -0.25) is 14.5 Å². The predicted octanol–water partition coefficient (Wildman–Crippen LogP) is 2.91. The van der Waals surface area contributed by atoms with Crippen molar-refractivity contribution in [3.05, 3.63) is 20.8 Å². The Hall–Kier alpha value is -1.87. The summed E-state index contributed by atoms with van der Waals surface area (Å²) in [5.74, 6) is 0.219. The third-order valence-corrected chi connectivity index (χ3v) is 6.86. The number of carbonyl (C=O) groups excluding carboxylic acids is 2. The number of hydrogen-bond acceptors (Lipinski definition) is 6. The number of H-pyrrole nitrogens is 1. The quantitative estimate of drug-likeness (QED) is 0.566. The number of hydrogen-bond donors (Lipinski definition) is 2. The number of nitrogens with one attached hydrogen (secondary N) is 2. The van der Waals surface area contributed by atoms with Crippen molar-refractivity contribution in [1.82, 2.24) is 20.2 Å². The normalized spacial score (nSPS) is 16.6. The number of aryl methyl sites for hydroxylation is 1. The molecule has 0 aliphatic carbocycles. The Morgan fingerprint density at radius 2 is 2.11 bits per heavy atom. The first kappa shape index (κ1) is 19.9. The standard InChI is InChI=1S/C18H24N4O3S2/c1-5-9(2)8-12-10(3)26-15-13(12)14(23)20-17(21-15)27-11(4)16(24)22-7-6-19-18(22)25/h9,11H,5-8H2,1-4H3,(H,19,25)(H,20,21,23)/t9-,11-/m0/s1. The number of thiophene rings is 1. The predicted molar refractivity (Wildman–Crippen MR) is 109 cm³/mol. The Bertz CT molecular complexity index is 937. The highest BCUT2D eigenvalue weighted by molar-refractivity contribution is 8.00. The fourth-order valence-corrected chi connectivity index (χ4v) is 5.04. The van der Waals surface area contributed by atoms with Gasteiger partial charge in [-0.25, -0.2) is 9.78 Å². The van der Waals surface area contributed by atoms with Crippen LogP contribution in [0, 0.1) is 12.8 Å². The molecule has 3 rings (SSSR count). The number of amides is 3. The van der Waals surface area contributed by atoms with Crippen molar-refractivity contribution >= 4 is 45.3 Å². The summed E-state index contributed by atoms with van der Waals surface area (Å²) in [6.07, 6.45) is 1.91. The van der Waals surface area contributed by atoms with Crippen LogP contribution in [0.25, 0.3) is 10.2 Å². The van der Waals surface area contributed by atoms with Crippen LogP contribution in [0.1, 0.15) is 37.6 Å². The van der Waals surface area contributed by atoms with Crippen molar-refractivity contribution in [1.29, 1.82) is 0 Å². The van der Waals surface area contributed by atoms with E-state index in [1.807, 2.05) is 6.92 Å². The second-order valence-corrected chi connectivity index (χ2v) is 9.42. The molecule has 0 unspecified atom stereocenters. The van der Waals surface area contributed by atoms with E-state index in [4.69, 9.17) is 0 Å². The molecular weight excluding hydrogens is 384 g/mol. The van der Waals surface area contributed by atoms with Gasteiger partial charge in [-0.1, -0.05) is 32.0 Å². The minimum Gasteiger partial charge on any atom is -0.336 e. The number of carbonyl (C=O) groups is 2. The zero-order valence-electron chi connectivity index (χ0n) is 15.9. The molecule has 0 saturated carbocycles.